The molecule has 1 unspecified atom stereocenters. The predicted octanol–water partition coefficient (Wildman–Crippen LogP) is 3.28. The van der Waals surface area contributed by atoms with E-state index < -0.39 is 11.9 Å². The number of halogens is 2. The minimum absolute atomic E-state index is 0.215. The third kappa shape index (κ3) is 1.49. The van der Waals surface area contributed by atoms with E-state index in [1.807, 2.05) is 0 Å². The summed E-state index contributed by atoms with van der Waals surface area (Å²) in [5.41, 5.74) is 0.406. The molecule has 2 nitrogen and oxygen atoms in total. The van der Waals surface area contributed by atoms with E-state index >= 15 is 0 Å². The van der Waals surface area contributed by atoms with Crippen LogP contribution in [0.15, 0.2) is 22.6 Å². The molecule has 0 aliphatic rings. The zero-order chi connectivity index (χ0) is 10.3. The van der Waals surface area contributed by atoms with Gasteiger partial charge >= 0.3 is 0 Å². The van der Waals surface area contributed by atoms with Crippen LogP contribution in [0.5, 0.6) is 0 Å². The first-order valence-electron chi connectivity index (χ1n) is 4.14. The maximum Gasteiger partial charge on any atom is 0.153 e. The van der Waals surface area contributed by atoms with Crippen molar-refractivity contribution in [3.63, 3.8) is 0 Å². The van der Waals surface area contributed by atoms with Gasteiger partial charge in [0.25, 0.3) is 0 Å². The lowest BCUT2D eigenvalue weighted by molar-refractivity contribution is 0.172. The molecular weight excluding hydrogens is 207 g/mol. The first-order valence-corrected chi connectivity index (χ1v) is 4.52. The monoisotopic (exact) mass is 214 g/mol. The molecule has 14 heavy (non-hydrogen) atoms. The molecule has 1 heterocycles. The summed E-state index contributed by atoms with van der Waals surface area (Å²) >= 11 is 5.76. The van der Waals surface area contributed by atoms with Crippen LogP contribution < -0.4 is 0 Å². The van der Waals surface area contributed by atoms with E-state index in [2.05, 4.69) is 0 Å². The lowest BCUT2D eigenvalue weighted by atomic mass is 10.2. The molecule has 0 spiro atoms. The molecule has 0 saturated carbocycles. The van der Waals surface area contributed by atoms with Crippen molar-refractivity contribution in [2.24, 2.45) is 0 Å². The molecule has 1 N–H and O–H groups in total. The van der Waals surface area contributed by atoms with Crippen molar-refractivity contribution in [1.82, 2.24) is 0 Å². The molecule has 0 amide bonds. The number of hydrogen-bond donors (Lipinski definition) is 1. The number of rotatable bonds is 1. The predicted molar refractivity (Wildman–Crippen MR) is 51.8 cm³/mol. The summed E-state index contributed by atoms with van der Waals surface area (Å²) in [5, 5.41) is 10.0. The standard InChI is InChI=1S/C10H8ClFO2/c1-5(13)9-3-6-2-7(12)4-8(11)10(6)14-9/h2-5,13H,1H3. The molecular formula is C10H8ClFO2. The molecule has 1 aromatic heterocycles. The van der Waals surface area contributed by atoms with Crippen LogP contribution in [0.4, 0.5) is 4.39 Å². The SMILES string of the molecule is CC(O)c1cc2cc(F)cc(Cl)c2o1. The first kappa shape index (κ1) is 9.49. The van der Waals surface area contributed by atoms with Crippen LogP contribution in [0.25, 0.3) is 11.0 Å². The van der Waals surface area contributed by atoms with Gasteiger partial charge in [0.1, 0.15) is 17.7 Å². The van der Waals surface area contributed by atoms with Gasteiger partial charge in [-0.3, -0.25) is 0 Å². The summed E-state index contributed by atoms with van der Waals surface area (Å²) in [4.78, 5) is 0. The Morgan fingerprint density at radius 1 is 1.43 bits per heavy atom. The van der Waals surface area contributed by atoms with Crippen LogP contribution in [-0.2, 0) is 0 Å². The Kier molecular flexibility index (Phi) is 2.21. The molecule has 0 fully saturated rings. The summed E-state index contributed by atoms with van der Waals surface area (Å²) in [6, 6.07) is 4.07. The van der Waals surface area contributed by atoms with E-state index in [-0.39, 0.29) is 5.02 Å². The zero-order valence-corrected chi connectivity index (χ0v) is 8.18. The first-order chi connectivity index (χ1) is 6.58. The summed E-state index contributed by atoms with van der Waals surface area (Å²) in [7, 11) is 0. The van der Waals surface area contributed by atoms with E-state index in [1.165, 1.54) is 12.1 Å². The molecule has 2 rings (SSSR count). The van der Waals surface area contributed by atoms with Crippen molar-refractivity contribution < 1.29 is 13.9 Å². The lowest BCUT2D eigenvalue weighted by Gasteiger charge is -1.96. The number of benzene rings is 1. The molecule has 1 aromatic carbocycles. The van der Waals surface area contributed by atoms with Crippen molar-refractivity contribution >= 4 is 22.6 Å². The van der Waals surface area contributed by atoms with Crippen LogP contribution >= 0.6 is 11.6 Å². The van der Waals surface area contributed by atoms with Gasteiger partial charge < -0.3 is 9.52 Å². The minimum atomic E-state index is -0.721. The van der Waals surface area contributed by atoms with Crippen molar-refractivity contribution in [1.29, 1.82) is 0 Å². The quantitative estimate of drug-likeness (QED) is 0.790. The highest BCUT2D eigenvalue weighted by Crippen LogP contribution is 2.30. The number of aliphatic hydroxyl groups excluding tert-OH is 1. The molecule has 0 bridgehead atoms. The summed E-state index contributed by atoms with van der Waals surface area (Å²) < 4.78 is 18.2. The van der Waals surface area contributed by atoms with Gasteiger partial charge in [-0.2, -0.15) is 0 Å². The molecule has 0 aliphatic heterocycles. The highest BCUT2D eigenvalue weighted by Gasteiger charge is 2.12. The van der Waals surface area contributed by atoms with Crippen molar-refractivity contribution in [2.45, 2.75) is 13.0 Å². The fourth-order valence-electron chi connectivity index (χ4n) is 1.30. The van der Waals surface area contributed by atoms with Crippen LogP contribution in [0, 0.1) is 5.82 Å². The molecule has 0 radical (unpaired) electrons. The summed E-state index contributed by atoms with van der Waals surface area (Å²) in [6.07, 6.45) is -0.721. The fraction of sp³-hybridized carbons (Fsp3) is 0.200. The molecule has 74 valence electrons. The van der Waals surface area contributed by atoms with Crippen LogP contribution in [0.1, 0.15) is 18.8 Å². The largest absolute Gasteiger partial charge is 0.457 e. The van der Waals surface area contributed by atoms with Gasteiger partial charge in [-0.1, -0.05) is 11.6 Å². The second-order valence-corrected chi connectivity index (χ2v) is 3.54. The Morgan fingerprint density at radius 2 is 2.14 bits per heavy atom. The lowest BCUT2D eigenvalue weighted by Crippen LogP contribution is -1.85. The maximum atomic E-state index is 12.9. The van der Waals surface area contributed by atoms with Crippen molar-refractivity contribution in [3.05, 3.63) is 34.8 Å². The Morgan fingerprint density at radius 3 is 2.79 bits per heavy atom. The van der Waals surface area contributed by atoms with Crippen LogP contribution in [-0.4, -0.2) is 5.11 Å². The Hall–Kier alpha value is -1.06. The summed E-state index contributed by atoms with van der Waals surface area (Å²) in [5.74, 6) is -0.0343. The van der Waals surface area contributed by atoms with E-state index in [9.17, 15) is 9.50 Å². The van der Waals surface area contributed by atoms with E-state index in [1.54, 1.807) is 13.0 Å². The highest BCUT2D eigenvalue weighted by molar-refractivity contribution is 6.34. The number of aliphatic hydroxyl groups is 1. The topological polar surface area (TPSA) is 33.4 Å². The molecule has 2 aromatic rings. The highest BCUT2D eigenvalue weighted by atomic mass is 35.5. The van der Waals surface area contributed by atoms with Crippen LogP contribution in [0.2, 0.25) is 5.02 Å². The van der Waals surface area contributed by atoms with E-state index in [0.717, 1.165) is 0 Å². The van der Waals surface area contributed by atoms with Crippen LogP contribution in [0.3, 0.4) is 0 Å². The minimum Gasteiger partial charge on any atom is -0.457 e. The van der Waals surface area contributed by atoms with Gasteiger partial charge in [0.05, 0.1) is 5.02 Å². The molecule has 4 heteroatoms. The van der Waals surface area contributed by atoms with Gasteiger partial charge in [0, 0.05) is 5.39 Å². The second-order valence-electron chi connectivity index (χ2n) is 3.13. The third-order valence-corrected chi connectivity index (χ3v) is 2.25. The normalized spacial score (nSPS) is 13.4. The zero-order valence-electron chi connectivity index (χ0n) is 7.42. The number of furan rings is 1. The van der Waals surface area contributed by atoms with Gasteiger partial charge in [-0.25, -0.2) is 4.39 Å². The molecule has 0 aliphatic carbocycles. The van der Waals surface area contributed by atoms with Gasteiger partial charge in [0.15, 0.2) is 5.58 Å². The maximum absolute atomic E-state index is 12.9. The average molecular weight is 215 g/mol. The number of hydrogen-bond acceptors (Lipinski definition) is 2. The smallest absolute Gasteiger partial charge is 0.153 e. The Bertz CT molecular complexity index is 476. The number of fused-ring (bicyclic) bond motifs is 1. The Labute approximate surface area is 84.9 Å². The van der Waals surface area contributed by atoms with Gasteiger partial charge in [-0.15, -0.1) is 0 Å². The second kappa shape index (κ2) is 3.26. The summed E-state index contributed by atoms with van der Waals surface area (Å²) in [6.45, 7) is 1.57. The van der Waals surface area contributed by atoms with E-state index in [4.69, 9.17) is 16.0 Å². The van der Waals surface area contributed by atoms with E-state index in [0.29, 0.717) is 16.7 Å². The Balaban J connectivity index is 2.70. The van der Waals surface area contributed by atoms with Gasteiger partial charge in [0.2, 0.25) is 0 Å². The molecule has 1 atom stereocenters. The van der Waals surface area contributed by atoms with Crippen molar-refractivity contribution in [2.75, 3.05) is 0 Å². The average Bonchev–Trinajstić information content (AvgIpc) is 2.47. The fourth-order valence-corrected chi connectivity index (χ4v) is 1.55. The third-order valence-electron chi connectivity index (χ3n) is 1.97. The molecule has 0 saturated heterocycles. The van der Waals surface area contributed by atoms with Crippen molar-refractivity contribution in [3.8, 4) is 0 Å². The van der Waals surface area contributed by atoms with Gasteiger partial charge in [-0.05, 0) is 25.1 Å².